The Morgan fingerprint density at radius 3 is 2.36 bits per heavy atom. The Morgan fingerprint density at radius 1 is 1.36 bits per heavy atom. The summed E-state index contributed by atoms with van der Waals surface area (Å²) in [5, 5.41) is 15.6. The maximum absolute atomic E-state index is 10.5. The van der Waals surface area contributed by atoms with Crippen LogP contribution in [-0.4, -0.2) is 18.1 Å². The molecule has 0 aromatic heterocycles. The summed E-state index contributed by atoms with van der Waals surface area (Å²) >= 11 is 0. The van der Waals surface area contributed by atoms with Crippen LogP contribution in [0.1, 0.15) is 10.4 Å². The topological polar surface area (TPSA) is 74.0 Å². The van der Waals surface area contributed by atoms with E-state index in [-0.39, 0.29) is 18.0 Å². The third-order valence-electron chi connectivity index (χ3n) is 1.41. The minimum absolute atomic E-state index is 0. The van der Waals surface area contributed by atoms with Crippen molar-refractivity contribution in [1.82, 2.24) is 0 Å². The van der Waals surface area contributed by atoms with Gasteiger partial charge in [-0.1, -0.05) is 5.22 Å². The molecular weight excluding hydrogens is 206 g/mol. The molecular formula is C8H10ClN3O2. The predicted octanol–water partition coefficient (Wildman–Crippen LogP) is 2.22. The zero-order chi connectivity index (χ0) is 9.68. The summed E-state index contributed by atoms with van der Waals surface area (Å²) in [6, 6.07) is 6.24. The van der Waals surface area contributed by atoms with Gasteiger partial charge in [0.1, 0.15) is 0 Å². The van der Waals surface area contributed by atoms with Crippen molar-refractivity contribution < 1.29 is 9.90 Å². The molecule has 0 aliphatic heterocycles. The van der Waals surface area contributed by atoms with E-state index in [1.807, 2.05) is 0 Å². The Bertz CT molecular complexity index is 324. The van der Waals surface area contributed by atoms with E-state index >= 15 is 0 Å². The maximum atomic E-state index is 10.5. The van der Waals surface area contributed by atoms with E-state index in [1.54, 1.807) is 19.2 Å². The van der Waals surface area contributed by atoms with Gasteiger partial charge in [-0.3, -0.25) is 5.43 Å². The van der Waals surface area contributed by atoms with Gasteiger partial charge in [0.25, 0.3) is 0 Å². The van der Waals surface area contributed by atoms with Gasteiger partial charge in [0.2, 0.25) is 0 Å². The predicted molar refractivity (Wildman–Crippen MR) is 55.1 cm³/mol. The quantitative estimate of drug-likeness (QED) is 0.600. The second-order valence-electron chi connectivity index (χ2n) is 2.29. The number of halogens is 1. The number of nitrogens with zero attached hydrogens (tertiary/aromatic N) is 2. The van der Waals surface area contributed by atoms with Crippen LogP contribution >= 0.6 is 12.4 Å². The van der Waals surface area contributed by atoms with Gasteiger partial charge in [-0.15, -0.1) is 12.4 Å². The van der Waals surface area contributed by atoms with Crippen molar-refractivity contribution in [3.8, 4) is 0 Å². The number of carboxylic acids is 1. The average molecular weight is 216 g/mol. The van der Waals surface area contributed by atoms with Crippen molar-refractivity contribution in [3.63, 3.8) is 0 Å². The molecule has 6 heteroatoms. The van der Waals surface area contributed by atoms with Crippen LogP contribution in [0.3, 0.4) is 0 Å². The molecule has 1 aromatic carbocycles. The lowest BCUT2D eigenvalue weighted by Gasteiger charge is -1.98. The van der Waals surface area contributed by atoms with Gasteiger partial charge in [0.15, 0.2) is 0 Å². The largest absolute Gasteiger partial charge is 0.478 e. The summed E-state index contributed by atoms with van der Waals surface area (Å²) in [5.74, 6) is -0.941. The number of carbonyl (C=O) groups is 1. The Morgan fingerprint density at radius 2 is 1.93 bits per heavy atom. The summed E-state index contributed by atoms with van der Waals surface area (Å²) < 4.78 is 0. The van der Waals surface area contributed by atoms with Gasteiger partial charge in [-0.25, -0.2) is 4.79 Å². The molecule has 0 amide bonds. The summed E-state index contributed by atoms with van der Waals surface area (Å²) in [4.78, 5) is 10.5. The third-order valence-corrected chi connectivity index (χ3v) is 1.41. The molecule has 0 saturated carbocycles. The van der Waals surface area contributed by atoms with Crippen molar-refractivity contribution in [2.75, 3.05) is 12.5 Å². The summed E-state index contributed by atoms with van der Waals surface area (Å²) in [6.45, 7) is 0. The molecule has 0 bridgehead atoms. The number of anilines is 1. The SMILES string of the molecule is CN=NNc1ccc(C(=O)O)cc1.Cl. The van der Waals surface area contributed by atoms with Crippen LogP contribution in [0.4, 0.5) is 5.69 Å². The van der Waals surface area contributed by atoms with Crippen molar-refractivity contribution in [3.05, 3.63) is 29.8 Å². The van der Waals surface area contributed by atoms with E-state index < -0.39 is 5.97 Å². The number of aromatic carboxylic acids is 1. The highest BCUT2D eigenvalue weighted by Gasteiger charge is 2.00. The number of hydrogen-bond donors (Lipinski definition) is 2. The highest BCUT2D eigenvalue weighted by Crippen LogP contribution is 2.09. The number of carboxylic acid groups (broad SMARTS) is 1. The molecule has 0 aliphatic rings. The second-order valence-corrected chi connectivity index (χ2v) is 2.29. The lowest BCUT2D eigenvalue weighted by atomic mass is 10.2. The highest BCUT2D eigenvalue weighted by atomic mass is 35.5. The highest BCUT2D eigenvalue weighted by molar-refractivity contribution is 5.87. The van der Waals surface area contributed by atoms with Gasteiger partial charge < -0.3 is 5.11 Å². The van der Waals surface area contributed by atoms with Crippen molar-refractivity contribution >= 4 is 24.1 Å². The fraction of sp³-hybridized carbons (Fsp3) is 0.125. The van der Waals surface area contributed by atoms with Gasteiger partial charge in [-0.05, 0) is 24.3 Å². The van der Waals surface area contributed by atoms with E-state index in [9.17, 15) is 4.79 Å². The van der Waals surface area contributed by atoms with Gasteiger partial charge in [0, 0.05) is 0 Å². The molecule has 0 atom stereocenters. The second kappa shape index (κ2) is 5.93. The zero-order valence-electron chi connectivity index (χ0n) is 7.47. The van der Waals surface area contributed by atoms with Crippen LogP contribution in [0.25, 0.3) is 0 Å². The molecule has 5 nitrogen and oxygen atoms in total. The van der Waals surface area contributed by atoms with E-state index in [0.717, 1.165) is 0 Å². The molecule has 1 aromatic rings. The fourth-order valence-corrected chi connectivity index (χ4v) is 0.795. The summed E-state index contributed by atoms with van der Waals surface area (Å²) in [7, 11) is 1.54. The molecule has 2 N–H and O–H groups in total. The summed E-state index contributed by atoms with van der Waals surface area (Å²) in [5.41, 5.74) is 3.58. The first-order valence-electron chi connectivity index (χ1n) is 3.62. The molecule has 1 rings (SSSR count). The third kappa shape index (κ3) is 3.40. The smallest absolute Gasteiger partial charge is 0.335 e. The Kier molecular flexibility index (Phi) is 5.24. The van der Waals surface area contributed by atoms with Gasteiger partial charge >= 0.3 is 5.97 Å². The van der Waals surface area contributed by atoms with Crippen molar-refractivity contribution in [1.29, 1.82) is 0 Å². The normalized spacial score (nSPS) is 9.50. The first kappa shape index (κ1) is 12.4. The molecule has 0 spiro atoms. The fourth-order valence-electron chi connectivity index (χ4n) is 0.795. The standard InChI is InChI=1S/C8H9N3O2.ClH/c1-9-11-10-7-4-2-6(3-5-7)8(12)13;/h2-5H,1H3,(H,9,10)(H,12,13);1H. The van der Waals surface area contributed by atoms with E-state index in [2.05, 4.69) is 15.8 Å². The maximum Gasteiger partial charge on any atom is 0.335 e. The molecule has 0 fully saturated rings. The number of hydrogen-bond acceptors (Lipinski definition) is 3. The molecule has 14 heavy (non-hydrogen) atoms. The van der Waals surface area contributed by atoms with E-state index in [4.69, 9.17) is 5.11 Å². The molecule has 0 saturated heterocycles. The van der Waals surface area contributed by atoms with Crippen LogP contribution in [0.5, 0.6) is 0 Å². The molecule has 0 unspecified atom stereocenters. The van der Waals surface area contributed by atoms with Crippen LogP contribution < -0.4 is 5.43 Å². The lowest BCUT2D eigenvalue weighted by Crippen LogP contribution is -1.95. The minimum atomic E-state index is -0.941. The van der Waals surface area contributed by atoms with Crippen molar-refractivity contribution in [2.45, 2.75) is 0 Å². The van der Waals surface area contributed by atoms with Crippen LogP contribution in [0.2, 0.25) is 0 Å². The number of nitrogens with one attached hydrogen (secondary N) is 1. The van der Waals surface area contributed by atoms with Gasteiger partial charge in [0.05, 0.1) is 18.3 Å². The van der Waals surface area contributed by atoms with Crippen molar-refractivity contribution in [2.24, 2.45) is 10.3 Å². The Labute approximate surface area is 87.2 Å². The number of benzene rings is 1. The van der Waals surface area contributed by atoms with Crippen LogP contribution in [-0.2, 0) is 0 Å². The first-order valence-corrected chi connectivity index (χ1v) is 3.62. The monoisotopic (exact) mass is 215 g/mol. The summed E-state index contributed by atoms with van der Waals surface area (Å²) in [6.07, 6.45) is 0. The minimum Gasteiger partial charge on any atom is -0.478 e. The van der Waals surface area contributed by atoms with E-state index in [0.29, 0.717) is 5.69 Å². The molecule has 0 heterocycles. The van der Waals surface area contributed by atoms with Crippen LogP contribution in [0.15, 0.2) is 34.6 Å². The Hall–Kier alpha value is -1.62. The Balaban J connectivity index is 0.00000169. The van der Waals surface area contributed by atoms with E-state index in [1.165, 1.54) is 12.1 Å². The van der Waals surface area contributed by atoms with Gasteiger partial charge in [-0.2, -0.15) is 5.11 Å². The molecule has 0 aliphatic carbocycles. The zero-order valence-corrected chi connectivity index (χ0v) is 8.28. The molecule has 76 valence electrons. The van der Waals surface area contributed by atoms with Crippen LogP contribution in [0, 0.1) is 0 Å². The molecule has 0 radical (unpaired) electrons. The lowest BCUT2D eigenvalue weighted by molar-refractivity contribution is 0.0697. The number of rotatable bonds is 3. The first-order chi connectivity index (χ1) is 6.24. The average Bonchev–Trinajstić information content (AvgIpc) is 2.15.